The van der Waals surface area contributed by atoms with Crippen molar-refractivity contribution in [2.45, 2.75) is 32.7 Å². The molecule has 0 amide bonds. The first kappa shape index (κ1) is 16.9. The third kappa shape index (κ3) is 5.77. The maximum Gasteiger partial charge on any atom is 0.151 e. The van der Waals surface area contributed by atoms with E-state index in [1.807, 2.05) is 0 Å². The molecule has 0 aliphatic carbocycles. The van der Waals surface area contributed by atoms with E-state index in [-0.39, 0.29) is 5.75 Å². The Balaban J connectivity index is 2.32. The highest BCUT2D eigenvalue weighted by molar-refractivity contribution is 7.91. The predicted octanol–water partition coefficient (Wildman–Crippen LogP) is 0.166. The summed E-state index contributed by atoms with van der Waals surface area (Å²) in [6.45, 7) is 9.35. The molecule has 1 aliphatic rings. The standard InChI is InChI=1S/C13H29N3O2S/c1-3-13(5-6-14)16-9-7-15(8-10-16)11-12-19(17,18)4-2/h13H,3-12,14H2,1-2H3. The molecular formula is C13H29N3O2S. The van der Waals surface area contributed by atoms with E-state index < -0.39 is 9.84 Å². The van der Waals surface area contributed by atoms with Crippen LogP contribution in [0.15, 0.2) is 0 Å². The second kappa shape index (κ2) is 8.19. The number of piperazine rings is 1. The number of nitrogens with two attached hydrogens (primary N) is 1. The lowest BCUT2D eigenvalue weighted by molar-refractivity contribution is 0.0946. The summed E-state index contributed by atoms with van der Waals surface area (Å²) in [5.41, 5.74) is 5.65. The van der Waals surface area contributed by atoms with Gasteiger partial charge in [-0.3, -0.25) is 9.80 Å². The first-order valence-corrected chi connectivity index (χ1v) is 9.21. The summed E-state index contributed by atoms with van der Waals surface area (Å²) in [6, 6.07) is 0.589. The third-order valence-electron chi connectivity index (χ3n) is 4.05. The third-order valence-corrected chi connectivity index (χ3v) is 5.74. The quantitative estimate of drug-likeness (QED) is 0.690. The molecule has 6 heteroatoms. The maximum absolute atomic E-state index is 11.5. The van der Waals surface area contributed by atoms with Crippen LogP contribution in [-0.2, 0) is 9.84 Å². The minimum absolute atomic E-state index is 0.251. The molecule has 1 atom stereocenters. The molecule has 1 saturated heterocycles. The molecule has 0 radical (unpaired) electrons. The van der Waals surface area contributed by atoms with E-state index in [1.165, 1.54) is 0 Å². The van der Waals surface area contributed by atoms with Gasteiger partial charge in [-0.1, -0.05) is 13.8 Å². The molecule has 1 rings (SSSR count). The van der Waals surface area contributed by atoms with Crippen LogP contribution in [0.4, 0.5) is 0 Å². The Morgan fingerprint density at radius 1 is 1.16 bits per heavy atom. The molecule has 0 bridgehead atoms. The van der Waals surface area contributed by atoms with Gasteiger partial charge in [-0.2, -0.15) is 0 Å². The average Bonchev–Trinajstić information content (AvgIpc) is 2.43. The molecule has 0 aromatic heterocycles. The van der Waals surface area contributed by atoms with E-state index in [0.29, 0.717) is 18.3 Å². The van der Waals surface area contributed by atoms with E-state index in [1.54, 1.807) is 6.92 Å². The molecule has 0 aromatic carbocycles. The molecule has 0 aromatic rings. The van der Waals surface area contributed by atoms with Crippen molar-refractivity contribution < 1.29 is 8.42 Å². The smallest absolute Gasteiger partial charge is 0.151 e. The van der Waals surface area contributed by atoms with Crippen LogP contribution in [0.1, 0.15) is 26.7 Å². The molecule has 0 saturated carbocycles. The van der Waals surface area contributed by atoms with Crippen LogP contribution in [0.3, 0.4) is 0 Å². The van der Waals surface area contributed by atoms with Gasteiger partial charge in [-0.05, 0) is 19.4 Å². The number of sulfone groups is 1. The van der Waals surface area contributed by atoms with Gasteiger partial charge < -0.3 is 5.73 Å². The normalized spacial score (nSPS) is 20.6. The Morgan fingerprint density at radius 3 is 2.26 bits per heavy atom. The number of nitrogens with zero attached hydrogens (tertiary/aromatic N) is 2. The van der Waals surface area contributed by atoms with Crippen molar-refractivity contribution >= 4 is 9.84 Å². The Bertz CT molecular complexity index is 338. The van der Waals surface area contributed by atoms with Gasteiger partial charge in [0.15, 0.2) is 9.84 Å². The Hall–Kier alpha value is -0.170. The van der Waals surface area contributed by atoms with Crippen molar-refractivity contribution in [1.29, 1.82) is 0 Å². The lowest BCUT2D eigenvalue weighted by Crippen LogP contribution is -2.51. The zero-order valence-corrected chi connectivity index (χ0v) is 13.2. The van der Waals surface area contributed by atoms with Crippen molar-refractivity contribution in [3.8, 4) is 0 Å². The van der Waals surface area contributed by atoms with Crippen LogP contribution in [0.25, 0.3) is 0 Å². The highest BCUT2D eigenvalue weighted by atomic mass is 32.2. The summed E-state index contributed by atoms with van der Waals surface area (Å²) in [6.07, 6.45) is 2.20. The minimum Gasteiger partial charge on any atom is -0.330 e. The van der Waals surface area contributed by atoms with Crippen LogP contribution >= 0.6 is 0 Å². The lowest BCUT2D eigenvalue weighted by atomic mass is 10.1. The molecule has 2 N–H and O–H groups in total. The summed E-state index contributed by atoms with van der Waals surface area (Å²) in [7, 11) is -2.83. The van der Waals surface area contributed by atoms with Gasteiger partial charge in [0.2, 0.25) is 0 Å². The fourth-order valence-electron chi connectivity index (χ4n) is 2.60. The van der Waals surface area contributed by atoms with Crippen molar-refractivity contribution in [2.24, 2.45) is 5.73 Å². The topological polar surface area (TPSA) is 66.6 Å². The zero-order valence-electron chi connectivity index (χ0n) is 12.3. The first-order chi connectivity index (χ1) is 9.02. The van der Waals surface area contributed by atoms with Gasteiger partial charge in [-0.25, -0.2) is 8.42 Å². The molecule has 1 aliphatic heterocycles. The largest absolute Gasteiger partial charge is 0.330 e. The molecule has 0 spiro atoms. The lowest BCUT2D eigenvalue weighted by Gasteiger charge is -2.39. The van der Waals surface area contributed by atoms with E-state index in [0.717, 1.165) is 45.6 Å². The van der Waals surface area contributed by atoms with Crippen LogP contribution in [0.5, 0.6) is 0 Å². The van der Waals surface area contributed by atoms with E-state index in [2.05, 4.69) is 16.7 Å². The van der Waals surface area contributed by atoms with Gasteiger partial charge in [0, 0.05) is 44.5 Å². The Morgan fingerprint density at radius 2 is 1.79 bits per heavy atom. The van der Waals surface area contributed by atoms with Crippen molar-refractivity contribution in [3.05, 3.63) is 0 Å². The predicted molar refractivity (Wildman–Crippen MR) is 80.1 cm³/mol. The van der Waals surface area contributed by atoms with Crippen molar-refractivity contribution in [3.63, 3.8) is 0 Å². The molecule has 5 nitrogen and oxygen atoms in total. The average molecular weight is 291 g/mol. The fourth-order valence-corrected chi connectivity index (χ4v) is 3.43. The molecule has 1 heterocycles. The molecular weight excluding hydrogens is 262 g/mol. The summed E-state index contributed by atoms with van der Waals surface area (Å²) in [5, 5.41) is 0. The van der Waals surface area contributed by atoms with Gasteiger partial charge in [0.25, 0.3) is 0 Å². The summed E-state index contributed by atoms with van der Waals surface area (Å²) >= 11 is 0. The van der Waals surface area contributed by atoms with Crippen LogP contribution in [-0.4, -0.2) is 75.0 Å². The zero-order chi connectivity index (χ0) is 14.3. The maximum atomic E-state index is 11.5. The minimum atomic E-state index is -2.83. The molecule has 114 valence electrons. The van der Waals surface area contributed by atoms with Gasteiger partial charge in [0.1, 0.15) is 0 Å². The fraction of sp³-hybridized carbons (Fsp3) is 1.00. The van der Waals surface area contributed by atoms with E-state index in [9.17, 15) is 8.42 Å². The molecule has 1 fully saturated rings. The summed E-state index contributed by atoms with van der Waals surface area (Å²) < 4.78 is 23.0. The van der Waals surface area contributed by atoms with E-state index >= 15 is 0 Å². The second-order valence-corrected chi connectivity index (χ2v) is 7.73. The van der Waals surface area contributed by atoms with Crippen molar-refractivity contribution in [1.82, 2.24) is 9.80 Å². The summed E-state index contributed by atoms with van der Waals surface area (Å²) in [5.74, 6) is 0.547. The Kier molecular flexibility index (Phi) is 7.28. The van der Waals surface area contributed by atoms with E-state index in [4.69, 9.17) is 5.73 Å². The second-order valence-electron chi connectivity index (χ2n) is 5.25. The van der Waals surface area contributed by atoms with Crippen LogP contribution in [0, 0.1) is 0 Å². The van der Waals surface area contributed by atoms with Gasteiger partial charge in [0.05, 0.1) is 5.75 Å². The number of rotatable bonds is 8. The van der Waals surface area contributed by atoms with Crippen LogP contribution < -0.4 is 5.73 Å². The number of hydrogen-bond donors (Lipinski definition) is 1. The monoisotopic (exact) mass is 291 g/mol. The van der Waals surface area contributed by atoms with Crippen LogP contribution in [0.2, 0.25) is 0 Å². The van der Waals surface area contributed by atoms with Gasteiger partial charge in [-0.15, -0.1) is 0 Å². The Labute approximate surface area is 118 Å². The summed E-state index contributed by atoms with van der Waals surface area (Å²) in [4.78, 5) is 4.76. The molecule has 19 heavy (non-hydrogen) atoms. The first-order valence-electron chi connectivity index (χ1n) is 7.39. The van der Waals surface area contributed by atoms with Gasteiger partial charge >= 0.3 is 0 Å². The van der Waals surface area contributed by atoms with Crippen molar-refractivity contribution in [2.75, 3.05) is 50.8 Å². The number of hydrogen-bond acceptors (Lipinski definition) is 5. The molecule has 1 unspecified atom stereocenters. The SMILES string of the molecule is CCC(CCN)N1CCN(CCS(=O)(=O)CC)CC1. The highest BCUT2D eigenvalue weighted by Gasteiger charge is 2.22. The highest BCUT2D eigenvalue weighted by Crippen LogP contribution is 2.12.